The lowest BCUT2D eigenvalue weighted by Gasteiger charge is -2.34. The van der Waals surface area contributed by atoms with E-state index in [1.54, 1.807) is 0 Å². The van der Waals surface area contributed by atoms with Crippen molar-refractivity contribution in [3.8, 4) is 0 Å². The van der Waals surface area contributed by atoms with Crippen LogP contribution in [0.15, 0.2) is 0 Å². The zero-order chi connectivity index (χ0) is 11.3. The van der Waals surface area contributed by atoms with Crippen molar-refractivity contribution in [2.45, 2.75) is 71.1 Å². The summed E-state index contributed by atoms with van der Waals surface area (Å²) in [5.74, 6) is 2.67. The van der Waals surface area contributed by atoms with Gasteiger partial charge in [-0.2, -0.15) is 0 Å². The molecular formula is C14H27Cl. The van der Waals surface area contributed by atoms with Gasteiger partial charge in [-0.05, 0) is 43.4 Å². The molecule has 0 N–H and O–H groups in total. The van der Waals surface area contributed by atoms with Gasteiger partial charge in [0.05, 0.1) is 0 Å². The monoisotopic (exact) mass is 230 g/mol. The molecule has 90 valence electrons. The normalized spacial score (nSPS) is 32.2. The van der Waals surface area contributed by atoms with Crippen molar-refractivity contribution in [1.29, 1.82) is 0 Å². The molecule has 0 aliphatic heterocycles. The molecule has 0 aromatic rings. The Hall–Kier alpha value is 0.290. The van der Waals surface area contributed by atoms with E-state index >= 15 is 0 Å². The van der Waals surface area contributed by atoms with E-state index in [1.807, 2.05) is 0 Å². The zero-order valence-electron chi connectivity index (χ0n) is 10.6. The van der Waals surface area contributed by atoms with Crippen molar-refractivity contribution >= 4 is 11.6 Å². The van der Waals surface area contributed by atoms with Crippen LogP contribution in [0.5, 0.6) is 0 Å². The maximum atomic E-state index is 6.46. The van der Waals surface area contributed by atoms with E-state index in [0.29, 0.717) is 5.38 Å². The molecule has 1 aliphatic carbocycles. The van der Waals surface area contributed by atoms with Crippen molar-refractivity contribution in [1.82, 2.24) is 0 Å². The molecule has 0 saturated heterocycles. The molecule has 0 radical (unpaired) electrons. The first-order valence-corrected chi connectivity index (χ1v) is 7.28. The fourth-order valence-corrected chi connectivity index (χ4v) is 3.32. The van der Waals surface area contributed by atoms with E-state index in [2.05, 4.69) is 20.8 Å². The quantitative estimate of drug-likeness (QED) is 0.566. The van der Waals surface area contributed by atoms with Crippen LogP contribution in [0.3, 0.4) is 0 Å². The average molecular weight is 231 g/mol. The third-order valence-electron chi connectivity index (χ3n) is 4.37. The van der Waals surface area contributed by atoms with Gasteiger partial charge in [0.15, 0.2) is 0 Å². The summed E-state index contributed by atoms with van der Waals surface area (Å²) in [4.78, 5) is 0. The molecule has 0 nitrogen and oxygen atoms in total. The molecule has 1 heteroatoms. The first kappa shape index (κ1) is 13.4. The Morgan fingerprint density at radius 3 is 2.33 bits per heavy atom. The number of alkyl halides is 1. The van der Waals surface area contributed by atoms with Crippen molar-refractivity contribution < 1.29 is 0 Å². The molecule has 1 aliphatic rings. The van der Waals surface area contributed by atoms with Crippen molar-refractivity contribution in [3.05, 3.63) is 0 Å². The summed E-state index contributed by atoms with van der Waals surface area (Å²) in [5, 5.41) is 0.466. The minimum atomic E-state index is 0.466. The fourth-order valence-electron chi connectivity index (χ4n) is 2.99. The van der Waals surface area contributed by atoms with Crippen LogP contribution < -0.4 is 0 Å². The molecule has 0 bridgehead atoms. The SMILES string of the molecule is CCC(CC)CC1CC(CC)CCC1Cl. The van der Waals surface area contributed by atoms with Crippen LogP contribution in [0.4, 0.5) is 0 Å². The van der Waals surface area contributed by atoms with Crippen LogP contribution in [0.2, 0.25) is 0 Å². The van der Waals surface area contributed by atoms with Crippen LogP contribution in [-0.2, 0) is 0 Å². The van der Waals surface area contributed by atoms with Gasteiger partial charge in [-0.15, -0.1) is 11.6 Å². The Bertz CT molecular complexity index is 163. The van der Waals surface area contributed by atoms with Gasteiger partial charge in [-0.3, -0.25) is 0 Å². The Morgan fingerprint density at radius 1 is 1.13 bits per heavy atom. The fraction of sp³-hybridized carbons (Fsp3) is 1.00. The third-order valence-corrected chi connectivity index (χ3v) is 4.94. The highest BCUT2D eigenvalue weighted by molar-refractivity contribution is 6.20. The molecule has 0 spiro atoms. The van der Waals surface area contributed by atoms with E-state index in [-0.39, 0.29) is 0 Å². The predicted molar refractivity (Wildman–Crippen MR) is 69.5 cm³/mol. The Labute approximate surface area is 101 Å². The Morgan fingerprint density at radius 2 is 1.80 bits per heavy atom. The lowest BCUT2D eigenvalue weighted by Crippen LogP contribution is -2.27. The summed E-state index contributed by atoms with van der Waals surface area (Å²) in [5.41, 5.74) is 0. The topological polar surface area (TPSA) is 0 Å². The molecular weight excluding hydrogens is 204 g/mol. The van der Waals surface area contributed by atoms with Gasteiger partial charge in [0.1, 0.15) is 0 Å². The second kappa shape index (κ2) is 6.78. The summed E-state index contributed by atoms with van der Waals surface area (Å²) in [7, 11) is 0. The van der Waals surface area contributed by atoms with Crippen molar-refractivity contribution in [2.75, 3.05) is 0 Å². The summed E-state index contributed by atoms with van der Waals surface area (Å²) in [6.45, 7) is 6.96. The summed E-state index contributed by atoms with van der Waals surface area (Å²) in [6.07, 6.45) is 9.39. The average Bonchev–Trinajstić information content (AvgIpc) is 2.28. The van der Waals surface area contributed by atoms with E-state index in [4.69, 9.17) is 11.6 Å². The number of hydrogen-bond donors (Lipinski definition) is 0. The Balaban J connectivity index is 2.43. The van der Waals surface area contributed by atoms with Crippen molar-refractivity contribution in [2.24, 2.45) is 17.8 Å². The smallest absolute Gasteiger partial charge is 0.0364 e. The molecule has 1 rings (SSSR count). The molecule has 15 heavy (non-hydrogen) atoms. The molecule has 3 atom stereocenters. The number of hydrogen-bond acceptors (Lipinski definition) is 0. The van der Waals surface area contributed by atoms with E-state index in [1.165, 1.54) is 44.9 Å². The first-order chi connectivity index (χ1) is 7.21. The van der Waals surface area contributed by atoms with E-state index in [0.717, 1.165) is 17.8 Å². The highest BCUT2D eigenvalue weighted by Crippen LogP contribution is 2.38. The van der Waals surface area contributed by atoms with Gasteiger partial charge in [0.2, 0.25) is 0 Å². The predicted octanol–water partition coefficient (Wildman–Crippen LogP) is 5.25. The van der Waals surface area contributed by atoms with Gasteiger partial charge < -0.3 is 0 Å². The minimum absolute atomic E-state index is 0.466. The van der Waals surface area contributed by atoms with Crippen LogP contribution in [0.25, 0.3) is 0 Å². The van der Waals surface area contributed by atoms with Crippen LogP contribution in [0.1, 0.15) is 65.7 Å². The van der Waals surface area contributed by atoms with E-state index < -0.39 is 0 Å². The molecule has 0 amide bonds. The molecule has 1 fully saturated rings. The van der Waals surface area contributed by atoms with E-state index in [9.17, 15) is 0 Å². The van der Waals surface area contributed by atoms with Gasteiger partial charge in [0.25, 0.3) is 0 Å². The number of halogens is 1. The zero-order valence-corrected chi connectivity index (χ0v) is 11.4. The molecule has 0 aromatic heterocycles. The third kappa shape index (κ3) is 3.98. The second-order valence-corrected chi connectivity index (χ2v) is 5.84. The maximum absolute atomic E-state index is 6.46. The molecule has 0 aromatic carbocycles. The largest absolute Gasteiger partial charge is 0.123 e. The molecule has 3 unspecified atom stereocenters. The summed E-state index contributed by atoms with van der Waals surface area (Å²) < 4.78 is 0. The van der Waals surface area contributed by atoms with Gasteiger partial charge in [-0.1, -0.05) is 40.0 Å². The van der Waals surface area contributed by atoms with Crippen LogP contribution in [-0.4, -0.2) is 5.38 Å². The van der Waals surface area contributed by atoms with Gasteiger partial charge in [-0.25, -0.2) is 0 Å². The lowest BCUT2D eigenvalue weighted by molar-refractivity contribution is 0.223. The minimum Gasteiger partial charge on any atom is -0.123 e. The summed E-state index contributed by atoms with van der Waals surface area (Å²) in [6, 6.07) is 0. The first-order valence-electron chi connectivity index (χ1n) is 6.85. The Kier molecular flexibility index (Phi) is 6.04. The highest BCUT2D eigenvalue weighted by atomic mass is 35.5. The summed E-state index contributed by atoms with van der Waals surface area (Å²) >= 11 is 6.46. The standard InChI is InChI=1S/C14H27Cl/c1-4-11(5-2)9-13-10-12(6-3)7-8-14(13)15/h11-14H,4-10H2,1-3H3. The van der Waals surface area contributed by atoms with Crippen molar-refractivity contribution in [3.63, 3.8) is 0 Å². The second-order valence-electron chi connectivity index (χ2n) is 5.28. The number of rotatable bonds is 5. The maximum Gasteiger partial charge on any atom is 0.0364 e. The lowest BCUT2D eigenvalue weighted by atomic mass is 9.75. The van der Waals surface area contributed by atoms with Crippen LogP contribution in [0, 0.1) is 17.8 Å². The van der Waals surface area contributed by atoms with Crippen LogP contribution >= 0.6 is 11.6 Å². The molecule has 1 saturated carbocycles. The highest BCUT2D eigenvalue weighted by Gasteiger charge is 2.29. The van der Waals surface area contributed by atoms with Gasteiger partial charge >= 0.3 is 0 Å². The van der Waals surface area contributed by atoms with Gasteiger partial charge in [0, 0.05) is 5.38 Å². The molecule has 0 heterocycles.